The minimum Gasteiger partial charge on any atom is -0.318 e. The Kier molecular flexibility index (Phi) is 4.95. The molecule has 0 aliphatic rings. The molecular formula is C5H15N3. The number of hydrogen-bond acceptors (Lipinski definition) is 3. The second-order valence-electron chi connectivity index (χ2n) is 2.01. The van der Waals surface area contributed by atoms with Crippen molar-refractivity contribution >= 4 is 0 Å². The fourth-order valence-corrected chi connectivity index (χ4v) is 0.405. The van der Waals surface area contributed by atoms with Crippen LogP contribution in [0.2, 0.25) is 0 Å². The van der Waals surface area contributed by atoms with Gasteiger partial charge in [-0.15, -0.1) is 0 Å². The van der Waals surface area contributed by atoms with Crippen LogP contribution in [0.1, 0.15) is 0 Å². The molecule has 3 heteroatoms. The van der Waals surface area contributed by atoms with Crippen molar-refractivity contribution in [2.24, 2.45) is 5.73 Å². The Hall–Kier alpha value is -0.120. The maximum Gasteiger partial charge on any atom is 0.0429 e. The van der Waals surface area contributed by atoms with Gasteiger partial charge in [0.2, 0.25) is 0 Å². The molecule has 0 spiro atoms. The molecule has 50 valence electrons. The summed E-state index contributed by atoms with van der Waals surface area (Å²) >= 11 is 0. The fourth-order valence-electron chi connectivity index (χ4n) is 0.405. The van der Waals surface area contributed by atoms with Gasteiger partial charge in [-0.2, -0.15) is 0 Å². The first-order valence-electron chi connectivity index (χ1n) is 2.83. The molecule has 0 saturated carbocycles. The summed E-state index contributed by atoms with van der Waals surface area (Å²) in [4.78, 5) is 2.11. The highest BCUT2D eigenvalue weighted by Gasteiger charge is 1.84. The maximum absolute atomic E-state index is 5.19. The Morgan fingerprint density at radius 1 is 1.50 bits per heavy atom. The van der Waals surface area contributed by atoms with Gasteiger partial charge < -0.3 is 16.0 Å². The summed E-state index contributed by atoms with van der Waals surface area (Å²) < 4.78 is 0. The van der Waals surface area contributed by atoms with Gasteiger partial charge in [-0.05, 0) is 14.1 Å². The zero-order valence-electron chi connectivity index (χ0n) is 5.65. The first-order valence-corrected chi connectivity index (χ1v) is 2.83. The van der Waals surface area contributed by atoms with Crippen LogP contribution >= 0.6 is 0 Å². The summed E-state index contributed by atoms with van der Waals surface area (Å²) in [6.07, 6.45) is 0. The number of rotatable bonds is 4. The Balaban J connectivity index is 2.72. The third-order valence-corrected chi connectivity index (χ3v) is 0.880. The second-order valence-corrected chi connectivity index (χ2v) is 2.01. The molecule has 0 aromatic heterocycles. The van der Waals surface area contributed by atoms with Gasteiger partial charge in [0.05, 0.1) is 0 Å². The van der Waals surface area contributed by atoms with E-state index in [1.54, 1.807) is 0 Å². The SMILES string of the molecule is CN(C)CCNCN. The predicted molar refractivity (Wildman–Crippen MR) is 35.6 cm³/mol. The molecule has 0 aromatic rings. The maximum atomic E-state index is 5.19. The summed E-state index contributed by atoms with van der Waals surface area (Å²) in [5.41, 5.74) is 5.19. The van der Waals surface area contributed by atoms with Crippen molar-refractivity contribution in [3.05, 3.63) is 0 Å². The van der Waals surface area contributed by atoms with Crippen LogP contribution in [0.25, 0.3) is 0 Å². The average molecular weight is 117 g/mol. The highest BCUT2D eigenvalue weighted by Crippen LogP contribution is 1.67. The van der Waals surface area contributed by atoms with Crippen molar-refractivity contribution in [1.29, 1.82) is 0 Å². The van der Waals surface area contributed by atoms with E-state index in [2.05, 4.69) is 10.2 Å². The quantitative estimate of drug-likeness (QED) is 0.368. The number of likely N-dealkylation sites (N-methyl/N-ethyl adjacent to an activating group) is 1. The average Bonchev–Trinajstić information content (AvgIpc) is 1.66. The molecule has 0 unspecified atom stereocenters. The van der Waals surface area contributed by atoms with E-state index in [-0.39, 0.29) is 0 Å². The summed E-state index contributed by atoms with van der Waals surface area (Å²) in [6.45, 7) is 2.61. The van der Waals surface area contributed by atoms with Gasteiger partial charge in [-0.25, -0.2) is 0 Å². The van der Waals surface area contributed by atoms with Crippen molar-refractivity contribution in [1.82, 2.24) is 10.2 Å². The van der Waals surface area contributed by atoms with Gasteiger partial charge in [0, 0.05) is 19.8 Å². The molecule has 0 atom stereocenters. The normalized spacial score (nSPS) is 10.5. The zero-order valence-corrected chi connectivity index (χ0v) is 5.65. The van der Waals surface area contributed by atoms with Gasteiger partial charge in [-0.3, -0.25) is 0 Å². The summed E-state index contributed by atoms with van der Waals surface area (Å²) in [6, 6.07) is 0. The Morgan fingerprint density at radius 2 is 2.12 bits per heavy atom. The predicted octanol–water partition coefficient (Wildman–Crippen LogP) is -0.946. The molecule has 3 nitrogen and oxygen atoms in total. The highest BCUT2D eigenvalue weighted by molar-refractivity contribution is 4.45. The minimum atomic E-state index is 0.577. The molecule has 0 radical (unpaired) electrons. The number of nitrogens with one attached hydrogen (secondary N) is 1. The summed E-state index contributed by atoms with van der Waals surface area (Å²) in [7, 11) is 4.08. The number of nitrogens with two attached hydrogens (primary N) is 1. The van der Waals surface area contributed by atoms with Crippen LogP contribution in [0.3, 0.4) is 0 Å². The molecule has 0 bridgehead atoms. The molecule has 0 heterocycles. The molecule has 0 fully saturated rings. The van der Waals surface area contributed by atoms with E-state index < -0.39 is 0 Å². The topological polar surface area (TPSA) is 41.3 Å². The monoisotopic (exact) mass is 117 g/mol. The van der Waals surface area contributed by atoms with E-state index >= 15 is 0 Å². The van der Waals surface area contributed by atoms with Crippen LogP contribution in [0.4, 0.5) is 0 Å². The van der Waals surface area contributed by atoms with E-state index in [9.17, 15) is 0 Å². The molecule has 0 rings (SSSR count). The van der Waals surface area contributed by atoms with Gasteiger partial charge in [0.1, 0.15) is 0 Å². The lowest BCUT2D eigenvalue weighted by Gasteiger charge is -2.08. The van der Waals surface area contributed by atoms with Crippen LogP contribution in [0.5, 0.6) is 0 Å². The number of nitrogens with zero attached hydrogens (tertiary/aromatic N) is 1. The van der Waals surface area contributed by atoms with Gasteiger partial charge >= 0.3 is 0 Å². The van der Waals surface area contributed by atoms with Crippen molar-refractivity contribution in [3.63, 3.8) is 0 Å². The standard InChI is InChI=1S/C5H15N3/c1-8(2)4-3-7-5-6/h7H,3-6H2,1-2H3. The highest BCUT2D eigenvalue weighted by atomic mass is 15.1. The first-order chi connectivity index (χ1) is 3.77. The Labute approximate surface area is 50.8 Å². The number of hydrogen-bond donors (Lipinski definition) is 2. The van der Waals surface area contributed by atoms with E-state index in [4.69, 9.17) is 5.73 Å². The van der Waals surface area contributed by atoms with E-state index in [1.807, 2.05) is 14.1 Å². The van der Waals surface area contributed by atoms with E-state index in [0.717, 1.165) is 13.1 Å². The van der Waals surface area contributed by atoms with Crippen LogP contribution in [-0.4, -0.2) is 38.8 Å². The Morgan fingerprint density at radius 3 is 2.50 bits per heavy atom. The van der Waals surface area contributed by atoms with E-state index in [0.29, 0.717) is 6.67 Å². The smallest absolute Gasteiger partial charge is 0.0429 e. The molecule has 8 heavy (non-hydrogen) atoms. The van der Waals surface area contributed by atoms with Crippen LogP contribution in [0.15, 0.2) is 0 Å². The minimum absolute atomic E-state index is 0.577. The molecule has 0 amide bonds. The lowest BCUT2D eigenvalue weighted by Crippen LogP contribution is -2.30. The molecule has 0 aliphatic carbocycles. The van der Waals surface area contributed by atoms with Gasteiger partial charge in [0.15, 0.2) is 0 Å². The second kappa shape index (κ2) is 5.03. The fraction of sp³-hybridized carbons (Fsp3) is 1.00. The molecule has 0 saturated heterocycles. The van der Waals surface area contributed by atoms with Crippen LogP contribution in [0, 0.1) is 0 Å². The van der Waals surface area contributed by atoms with Crippen LogP contribution in [-0.2, 0) is 0 Å². The Bertz CT molecular complexity index is 44.9. The summed E-state index contributed by atoms with van der Waals surface area (Å²) in [5, 5.41) is 3.02. The largest absolute Gasteiger partial charge is 0.318 e. The van der Waals surface area contributed by atoms with Crippen LogP contribution < -0.4 is 11.1 Å². The molecular weight excluding hydrogens is 102 g/mol. The van der Waals surface area contributed by atoms with Crippen molar-refractivity contribution in [3.8, 4) is 0 Å². The van der Waals surface area contributed by atoms with Gasteiger partial charge in [-0.1, -0.05) is 0 Å². The summed E-state index contributed by atoms with van der Waals surface area (Å²) in [5.74, 6) is 0. The molecule has 0 aromatic carbocycles. The van der Waals surface area contributed by atoms with Crippen molar-refractivity contribution in [2.45, 2.75) is 0 Å². The first kappa shape index (κ1) is 7.88. The third kappa shape index (κ3) is 5.88. The third-order valence-electron chi connectivity index (χ3n) is 0.880. The van der Waals surface area contributed by atoms with E-state index in [1.165, 1.54) is 0 Å². The lowest BCUT2D eigenvalue weighted by molar-refractivity contribution is 0.402. The van der Waals surface area contributed by atoms with Crippen molar-refractivity contribution in [2.75, 3.05) is 33.9 Å². The molecule has 3 N–H and O–H groups in total. The zero-order chi connectivity index (χ0) is 6.41. The lowest BCUT2D eigenvalue weighted by atomic mass is 10.6. The molecule has 0 aliphatic heterocycles. The van der Waals surface area contributed by atoms with Gasteiger partial charge in [0.25, 0.3) is 0 Å². The van der Waals surface area contributed by atoms with Crippen molar-refractivity contribution < 1.29 is 0 Å².